The second kappa shape index (κ2) is 6.90. The highest BCUT2D eigenvalue weighted by molar-refractivity contribution is 5.84. The van der Waals surface area contributed by atoms with Crippen LogP contribution in [0, 0.1) is 0 Å². The summed E-state index contributed by atoms with van der Waals surface area (Å²) < 4.78 is 11.1. The number of carbonyl (C=O) groups is 1. The Morgan fingerprint density at radius 2 is 1.86 bits per heavy atom. The van der Waals surface area contributed by atoms with Crippen LogP contribution in [-0.2, 0) is 4.79 Å². The summed E-state index contributed by atoms with van der Waals surface area (Å²) in [6.45, 7) is 3.03. The zero-order valence-electron chi connectivity index (χ0n) is 13.1. The van der Waals surface area contributed by atoms with Crippen LogP contribution < -0.4 is 20.1 Å². The molecule has 2 N–H and O–H groups in total. The lowest BCUT2D eigenvalue weighted by Gasteiger charge is -2.25. The molecule has 1 unspecified atom stereocenters. The fourth-order valence-electron chi connectivity index (χ4n) is 3.02. The van der Waals surface area contributed by atoms with Crippen molar-refractivity contribution < 1.29 is 14.3 Å². The van der Waals surface area contributed by atoms with Crippen molar-refractivity contribution in [1.29, 1.82) is 0 Å². The number of nitrogens with one attached hydrogen (secondary N) is 2. The van der Waals surface area contributed by atoms with Gasteiger partial charge >= 0.3 is 0 Å². The maximum absolute atomic E-state index is 12.3. The van der Waals surface area contributed by atoms with Gasteiger partial charge in [0.1, 0.15) is 19.3 Å². The monoisotopic (exact) mass is 304 g/mol. The van der Waals surface area contributed by atoms with Gasteiger partial charge in [-0.2, -0.15) is 0 Å². The third-order valence-corrected chi connectivity index (χ3v) is 4.27. The number of anilines is 1. The van der Waals surface area contributed by atoms with Crippen molar-refractivity contribution in [2.24, 2.45) is 0 Å². The van der Waals surface area contributed by atoms with Crippen molar-refractivity contribution in [3.63, 3.8) is 0 Å². The zero-order chi connectivity index (χ0) is 15.4. The van der Waals surface area contributed by atoms with Crippen molar-refractivity contribution in [2.45, 2.75) is 51.1 Å². The fourth-order valence-corrected chi connectivity index (χ4v) is 3.02. The van der Waals surface area contributed by atoms with Gasteiger partial charge in [0.25, 0.3) is 0 Å². The Balaban J connectivity index is 1.56. The normalized spacial score (nSPS) is 19.3. The molecule has 22 heavy (non-hydrogen) atoms. The van der Waals surface area contributed by atoms with Gasteiger partial charge in [0.05, 0.1) is 0 Å². The van der Waals surface area contributed by atoms with Crippen LogP contribution in [0.4, 0.5) is 5.69 Å². The lowest BCUT2D eigenvalue weighted by molar-refractivity contribution is -0.122. The second-order valence-electron chi connectivity index (χ2n) is 6.07. The Hall–Kier alpha value is -1.91. The molecule has 3 rings (SSSR count). The minimum Gasteiger partial charge on any atom is -0.486 e. The molecule has 1 saturated carbocycles. The maximum atomic E-state index is 12.3. The third kappa shape index (κ3) is 3.64. The lowest BCUT2D eigenvalue weighted by atomic mass is 9.95. The molecule has 1 heterocycles. The van der Waals surface area contributed by atoms with Crippen LogP contribution >= 0.6 is 0 Å². The molecule has 0 spiro atoms. The van der Waals surface area contributed by atoms with Crippen LogP contribution in [0.3, 0.4) is 0 Å². The third-order valence-electron chi connectivity index (χ3n) is 4.27. The average molecular weight is 304 g/mol. The first-order valence-corrected chi connectivity index (χ1v) is 8.19. The summed E-state index contributed by atoms with van der Waals surface area (Å²) in [5, 5.41) is 6.38. The predicted molar refractivity (Wildman–Crippen MR) is 85.5 cm³/mol. The Kier molecular flexibility index (Phi) is 4.71. The molecule has 2 aliphatic rings. The number of benzene rings is 1. The van der Waals surface area contributed by atoms with Crippen LogP contribution in [0.15, 0.2) is 18.2 Å². The van der Waals surface area contributed by atoms with E-state index < -0.39 is 0 Å². The molecule has 1 amide bonds. The summed E-state index contributed by atoms with van der Waals surface area (Å²) in [7, 11) is 0. The van der Waals surface area contributed by atoms with Gasteiger partial charge in [-0.15, -0.1) is 0 Å². The quantitative estimate of drug-likeness (QED) is 0.898. The molecule has 1 aliphatic carbocycles. The van der Waals surface area contributed by atoms with Gasteiger partial charge in [0.2, 0.25) is 5.91 Å². The van der Waals surface area contributed by atoms with Crippen molar-refractivity contribution in [3.8, 4) is 11.5 Å². The summed E-state index contributed by atoms with van der Waals surface area (Å²) in [4.78, 5) is 12.3. The molecule has 5 heteroatoms. The van der Waals surface area contributed by atoms with E-state index in [1.54, 1.807) is 0 Å². The SMILES string of the molecule is CC(Nc1ccc2c(c1)OCCO2)C(=O)NC1CCCCC1. The highest BCUT2D eigenvalue weighted by atomic mass is 16.6. The lowest BCUT2D eigenvalue weighted by Crippen LogP contribution is -2.44. The molecule has 1 aromatic rings. The van der Waals surface area contributed by atoms with Crippen LogP contribution in [0.25, 0.3) is 0 Å². The first-order chi connectivity index (χ1) is 10.7. The first-order valence-electron chi connectivity index (χ1n) is 8.19. The summed E-state index contributed by atoms with van der Waals surface area (Å²) >= 11 is 0. The number of rotatable bonds is 4. The summed E-state index contributed by atoms with van der Waals surface area (Å²) in [6, 6.07) is 5.74. The van der Waals surface area contributed by atoms with E-state index in [0.29, 0.717) is 19.3 Å². The molecule has 0 saturated heterocycles. The summed E-state index contributed by atoms with van der Waals surface area (Å²) in [5.41, 5.74) is 0.871. The Morgan fingerprint density at radius 1 is 1.14 bits per heavy atom. The molecule has 5 nitrogen and oxygen atoms in total. The van der Waals surface area contributed by atoms with E-state index in [2.05, 4.69) is 10.6 Å². The molecule has 1 aliphatic heterocycles. The van der Waals surface area contributed by atoms with E-state index in [1.807, 2.05) is 25.1 Å². The van der Waals surface area contributed by atoms with E-state index in [1.165, 1.54) is 19.3 Å². The van der Waals surface area contributed by atoms with Gasteiger partial charge in [-0.05, 0) is 31.9 Å². The van der Waals surface area contributed by atoms with Gasteiger partial charge in [-0.25, -0.2) is 0 Å². The molecule has 1 fully saturated rings. The molecule has 1 atom stereocenters. The molecule has 0 aromatic heterocycles. The number of ether oxygens (including phenoxy) is 2. The van der Waals surface area contributed by atoms with E-state index >= 15 is 0 Å². The standard InChI is InChI=1S/C17H24N2O3/c1-12(17(20)19-13-5-3-2-4-6-13)18-14-7-8-15-16(11-14)22-10-9-21-15/h7-8,11-13,18H,2-6,9-10H2,1H3,(H,19,20). The molecular weight excluding hydrogens is 280 g/mol. The number of carbonyl (C=O) groups excluding carboxylic acids is 1. The van der Waals surface area contributed by atoms with Crippen molar-refractivity contribution in [3.05, 3.63) is 18.2 Å². The zero-order valence-corrected chi connectivity index (χ0v) is 13.1. The molecule has 0 bridgehead atoms. The Morgan fingerprint density at radius 3 is 2.64 bits per heavy atom. The number of hydrogen-bond acceptors (Lipinski definition) is 4. The van der Waals surface area contributed by atoms with Crippen molar-refractivity contribution >= 4 is 11.6 Å². The van der Waals surface area contributed by atoms with Crippen LogP contribution in [0.1, 0.15) is 39.0 Å². The predicted octanol–water partition coefficient (Wildman–Crippen LogP) is 2.71. The summed E-state index contributed by atoms with van der Waals surface area (Å²) in [5.74, 6) is 1.55. The van der Waals surface area contributed by atoms with Gasteiger partial charge in [-0.3, -0.25) is 4.79 Å². The van der Waals surface area contributed by atoms with Crippen LogP contribution in [0.5, 0.6) is 11.5 Å². The molecule has 1 aromatic carbocycles. The highest BCUT2D eigenvalue weighted by Crippen LogP contribution is 2.32. The minimum atomic E-state index is -0.274. The van der Waals surface area contributed by atoms with E-state index in [-0.39, 0.29) is 11.9 Å². The number of fused-ring (bicyclic) bond motifs is 1. The Labute approximate surface area is 131 Å². The number of hydrogen-bond donors (Lipinski definition) is 2. The maximum Gasteiger partial charge on any atom is 0.242 e. The van der Waals surface area contributed by atoms with E-state index in [9.17, 15) is 4.79 Å². The minimum absolute atomic E-state index is 0.0572. The van der Waals surface area contributed by atoms with Gasteiger partial charge in [0.15, 0.2) is 11.5 Å². The fraction of sp³-hybridized carbons (Fsp3) is 0.588. The van der Waals surface area contributed by atoms with Crippen LogP contribution in [0.2, 0.25) is 0 Å². The largest absolute Gasteiger partial charge is 0.486 e. The van der Waals surface area contributed by atoms with Crippen molar-refractivity contribution in [1.82, 2.24) is 5.32 Å². The topological polar surface area (TPSA) is 59.6 Å². The Bertz CT molecular complexity index is 527. The highest BCUT2D eigenvalue weighted by Gasteiger charge is 2.20. The average Bonchev–Trinajstić information content (AvgIpc) is 2.55. The van der Waals surface area contributed by atoms with Gasteiger partial charge in [0, 0.05) is 17.8 Å². The van der Waals surface area contributed by atoms with E-state index in [0.717, 1.165) is 30.0 Å². The molecular formula is C17H24N2O3. The van der Waals surface area contributed by atoms with Crippen molar-refractivity contribution in [2.75, 3.05) is 18.5 Å². The van der Waals surface area contributed by atoms with Gasteiger partial charge in [-0.1, -0.05) is 19.3 Å². The van der Waals surface area contributed by atoms with E-state index in [4.69, 9.17) is 9.47 Å². The van der Waals surface area contributed by atoms with Gasteiger partial charge < -0.3 is 20.1 Å². The first kappa shape index (κ1) is 15.0. The molecule has 120 valence electrons. The smallest absolute Gasteiger partial charge is 0.242 e. The van der Waals surface area contributed by atoms with Crippen LogP contribution in [-0.4, -0.2) is 31.2 Å². The summed E-state index contributed by atoms with van der Waals surface area (Å²) in [6.07, 6.45) is 5.92. The number of amides is 1. The molecule has 0 radical (unpaired) electrons. The second-order valence-corrected chi connectivity index (χ2v) is 6.07.